The number of hydrogen-bond acceptors (Lipinski definition) is 3. The summed E-state index contributed by atoms with van der Waals surface area (Å²) in [6.07, 6.45) is 6.85. The maximum absolute atomic E-state index is 13.3. The summed E-state index contributed by atoms with van der Waals surface area (Å²) in [6.45, 7) is 0. The molecule has 2 aromatic carbocycles. The molecule has 0 saturated heterocycles. The van der Waals surface area contributed by atoms with E-state index in [9.17, 15) is 8.94 Å². The lowest BCUT2D eigenvalue weighted by molar-refractivity contribution is 0.601. The van der Waals surface area contributed by atoms with Crippen LogP contribution in [-0.2, 0) is 11.2 Å². The fraction of sp³-hybridized carbons (Fsp3) is 0.0476. The Morgan fingerprint density at radius 1 is 0.889 bits per heavy atom. The zero-order valence-electron chi connectivity index (χ0n) is 14.5. The standard InChI is InChI=1S/C21H16FN3OS/c1-27(26)19-8-6-18(7-9-19)25-14-24-20(15-2-4-17(22)5-3-15)21(25)16-10-12-23-13-11-16/h2-14H,1H3. The Kier molecular flexibility index (Phi) is 4.75. The molecule has 0 aliphatic heterocycles. The largest absolute Gasteiger partial charge is 0.612 e. The van der Waals surface area contributed by atoms with Crippen LogP contribution in [0, 0.1) is 5.82 Å². The summed E-state index contributed by atoms with van der Waals surface area (Å²) in [5.74, 6) is -0.285. The molecule has 0 bridgehead atoms. The average molecular weight is 377 g/mol. The highest BCUT2D eigenvalue weighted by molar-refractivity contribution is 7.90. The minimum Gasteiger partial charge on any atom is -0.612 e. The van der Waals surface area contributed by atoms with Crippen LogP contribution in [0.25, 0.3) is 28.2 Å². The van der Waals surface area contributed by atoms with E-state index in [0.29, 0.717) is 0 Å². The fourth-order valence-corrected chi connectivity index (χ4v) is 3.47. The van der Waals surface area contributed by atoms with Crippen molar-refractivity contribution in [3.05, 3.63) is 85.2 Å². The van der Waals surface area contributed by atoms with Gasteiger partial charge in [0.2, 0.25) is 0 Å². The Balaban J connectivity index is 1.88. The molecule has 27 heavy (non-hydrogen) atoms. The molecule has 1 atom stereocenters. The van der Waals surface area contributed by atoms with Crippen molar-refractivity contribution in [1.29, 1.82) is 0 Å². The maximum atomic E-state index is 13.3. The first-order valence-corrected chi connectivity index (χ1v) is 9.87. The first-order chi connectivity index (χ1) is 13.1. The second-order valence-electron chi connectivity index (χ2n) is 6.00. The molecule has 0 radical (unpaired) electrons. The van der Waals surface area contributed by atoms with Crippen LogP contribution in [-0.4, -0.2) is 25.3 Å². The van der Waals surface area contributed by atoms with E-state index in [1.807, 2.05) is 41.0 Å². The second-order valence-corrected chi connectivity index (χ2v) is 7.38. The van der Waals surface area contributed by atoms with Crippen LogP contribution in [0.1, 0.15) is 0 Å². The van der Waals surface area contributed by atoms with Gasteiger partial charge in [0.15, 0.2) is 4.90 Å². The van der Waals surface area contributed by atoms with Crippen LogP contribution >= 0.6 is 0 Å². The number of benzene rings is 2. The number of pyridine rings is 1. The van der Waals surface area contributed by atoms with Gasteiger partial charge in [0, 0.05) is 29.2 Å². The molecule has 6 heteroatoms. The minimum atomic E-state index is -1.03. The highest BCUT2D eigenvalue weighted by Crippen LogP contribution is 2.33. The highest BCUT2D eigenvalue weighted by Gasteiger charge is 2.16. The lowest BCUT2D eigenvalue weighted by Crippen LogP contribution is -2.00. The Bertz CT molecular complexity index is 1050. The van der Waals surface area contributed by atoms with E-state index >= 15 is 0 Å². The summed E-state index contributed by atoms with van der Waals surface area (Å²) in [6, 6.07) is 17.6. The normalized spacial score (nSPS) is 12.1. The lowest BCUT2D eigenvalue weighted by Gasteiger charge is -2.11. The number of hydrogen-bond donors (Lipinski definition) is 0. The van der Waals surface area contributed by atoms with Crippen LogP contribution in [0.15, 0.2) is 84.3 Å². The molecular weight excluding hydrogens is 361 g/mol. The van der Waals surface area contributed by atoms with Crippen molar-refractivity contribution in [2.45, 2.75) is 4.90 Å². The second kappa shape index (κ2) is 7.34. The lowest BCUT2D eigenvalue weighted by atomic mass is 10.1. The van der Waals surface area contributed by atoms with Crippen molar-refractivity contribution < 1.29 is 8.94 Å². The molecule has 0 aliphatic rings. The van der Waals surface area contributed by atoms with Crippen molar-refractivity contribution in [2.75, 3.05) is 6.26 Å². The molecule has 0 aliphatic carbocycles. The predicted octanol–water partition coefficient (Wildman–Crippen LogP) is 4.48. The summed E-state index contributed by atoms with van der Waals surface area (Å²) < 4.78 is 27.0. The van der Waals surface area contributed by atoms with Gasteiger partial charge in [-0.15, -0.1) is 0 Å². The number of nitrogens with zero attached hydrogens (tertiary/aromatic N) is 3. The number of imidazole rings is 1. The maximum Gasteiger partial charge on any atom is 0.152 e. The summed E-state index contributed by atoms with van der Waals surface area (Å²) in [4.78, 5) is 9.44. The first kappa shape index (κ1) is 17.5. The molecular formula is C21H16FN3OS. The summed E-state index contributed by atoms with van der Waals surface area (Å²) in [5, 5.41) is 0. The van der Waals surface area contributed by atoms with E-state index in [4.69, 9.17) is 0 Å². The van der Waals surface area contributed by atoms with E-state index in [1.54, 1.807) is 37.1 Å². The van der Waals surface area contributed by atoms with Crippen molar-refractivity contribution in [3.8, 4) is 28.2 Å². The Labute approximate surface area is 159 Å². The molecule has 0 N–H and O–H groups in total. The van der Waals surface area contributed by atoms with Gasteiger partial charge in [-0.05, 0) is 71.8 Å². The highest BCUT2D eigenvalue weighted by atomic mass is 32.2. The molecule has 134 valence electrons. The monoisotopic (exact) mass is 377 g/mol. The van der Waals surface area contributed by atoms with E-state index in [0.717, 1.165) is 33.1 Å². The Morgan fingerprint density at radius 2 is 1.56 bits per heavy atom. The zero-order valence-corrected chi connectivity index (χ0v) is 15.4. The molecule has 1 unspecified atom stereocenters. The van der Waals surface area contributed by atoms with Gasteiger partial charge in [0.1, 0.15) is 18.4 Å². The average Bonchev–Trinajstić information content (AvgIpc) is 3.14. The van der Waals surface area contributed by atoms with E-state index in [2.05, 4.69) is 9.97 Å². The number of aromatic nitrogens is 3. The van der Waals surface area contributed by atoms with Gasteiger partial charge in [-0.1, -0.05) is 0 Å². The molecule has 0 fully saturated rings. The molecule has 4 aromatic rings. The molecule has 2 aromatic heterocycles. The van der Waals surface area contributed by atoms with Crippen LogP contribution in [0.2, 0.25) is 0 Å². The van der Waals surface area contributed by atoms with Crippen LogP contribution < -0.4 is 0 Å². The van der Waals surface area contributed by atoms with Gasteiger partial charge in [0.05, 0.1) is 11.4 Å². The van der Waals surface area contributed by atoms with E-state index in [-0.39, 0.29) is 5.82 Å². The molecule has 4 rings (SSSR count). The molecule has 0 spiro atoms. The van der Waals surface area contributed by atoms with Crippen LogP contribution in [0.4, 0.5) is 4.39 Å². The molecule has 2 heterocycles. The zero-order chi connectivity index (χ0) is 18.8. The Morgan fingerprint density at radius 3 is 2.19 bits per heavy atom. The fourth-order valence-electron chi connectivity index (χ4n) is 2.95. The third kappa shape index (κ3) is 3.49. The summed E-state index contributed by atoms with van der Waals surface area (Å²) in [5.41, 5.74) is 4.31. The van der Waals surface area contributed by atoms with E-state index in [1.165, 1.54) is 12.1 Å². The van der Waals surface area contributed by atoms with Gasteiger partial charge >= 0.3 is 0 Å². The third-order valence-electron chi connectivity index (χ3n) is 4.29. The van der Waals surface area contributed by atoms with Gasteiger partial charge in [-0.25, -0.2) is 9.37 Å². The SMILES string of the molecule is C[S+]([O-])c1ccc(-n2cnc(-c3ccc(F)cc3)c2-c2ccncc2)cc1. The quantitative estimate of drug-likeness (QED) is 0.493. The van der Waals surface area contributed by atoms with Crippen molar-refractivity contribution in [1.82, 2.24) is 14.5 Å². The van der Waals surface area contributed by atoms with Crippen molar-refractivity contribution in [2.24, 2.45) is 0 Å². The van der Waals surface area contributed by atoms with Gasteiger partial charge in [-0.3, -0.25) is 9.55 Å². The van der Waals surface area contributed by atoms with Gasteiger partial charge in [0.25, 0.3) is 0 Å². The van der Waals surface area contributed by atoms with Crippen LogP contribution in [0.3, 0.4) is 0 Å². The molecule has 0 amide bonds. The van der Waals surface area contributed by atoms with Crippen molar-refractivity contribution >= 4 is 11.2 Å². The first-order valence-electron chi connectivity index (χ1n) is 8.31. The predicted molar refractivity (Wildman–Crippen MR) is 105 cm³/mol. The van der Waals surface area contributed by atoms with Crippen molar-refractivity contribution in [3.63, 3.8) is 0 Å². The summed E-state index contributed by atoms with van der Waals surface area (Å²) in [7, 11) is 0. The van der Waals surface area contributed by atoms with Gasteiger partial charge < -0.3 is 4.55 Å². The summed E-state index contributed by atoms with van der Waals surface area (Å²) >= 11 is -1.03. The molecule has 0 saturated carbocycles. The minimum absolute atomic E-state index is 0.285. The third-order valence-corrected chi connectivity index (χ3v) is 5.22. The molecule has 4 nitrogen and oxygen atoms in total. The smallest absolute Gasteiger partial charge is 0.152 e. The topological polar surface area (TPSA) is 53.8 Å². The van der Waals surface area contributed by atoms with E-state index < -0.39 is 11.2 Å². The van der Waals surface area contributed by atoms with Crippen LogP contribution in [0.5, 0.6) is 0 Å². The number of rotatable bonds is 4. The van der Waals surface area contributed by atoms with Gasteiger partial charge in [-0.2, -0.15) is 0 Å². The Hall–Kier alpha value is -2.96. The number of halogens is 1.